The van der Waals surface area contributed by atoms with E-state index in [1.807, 2.05) is 0 Å². The van der Waals surface area contributed by atoms with E-state index in [-0.39, 0.29) is 5.91 Å². The maximum absolute atomic E-state index is 11.9. The van der Waals surface area contributed by atoms with Crippen molar-refractivity contribution in [2.24, 2.45) is 0 Å². The molecule has 2 rings (SSSR count). The van der Waals surface area contributed by atoms with E-state index in [0.717, 1.165) is 19.3 Å². The van der Waals surface area contributed by atoms with Gasteiger partial charge in [-0.15, -0.1) is 0 Å². The van der Waals surface area contributed by atoms with Gasteiger partial charge in [-0.3, -0.25) is 4.79 Å². The number of methoxy groups -OCH3 is 2. The maximum atomic E-state index is 11.9. The van der Waals surface area contributed by atoms with Crippen LogP contribution in [0.25, 0.3) is 0 Å². The molecule has 1 aromatic rings. The van der Waals surface area contributed by atoms with Gasteiger partial charge in [-0.2, -0.15) is 0 Å². The third kappa shape index (κ3) is 4.69. The van der Waals surface area contributed by atoms with Crippen molar-refractivity contribution < 1.29 is 23.8 Å². The van der Waals surface area contributed by atoms with Crippen molar-refractivity contribution in [3.05, 3.63) is 23.8 Å². The highest BCUT2D eigenvalue weighted by molar-refractivity contribution is 5.98. The Bertz CT molecular complexity index is 558. The number of hydrogen-bond acceptors (Lipinski definition) is 5. The second kappa shape index (κ2) is 8.53. The second-order valence-corrected chi connectivity index (χ2v) is 5.40. The summed E-state index contributed by atoms with van der Waals surface area (Å²) in [7, 11) is 3.00. The maximum Gasteiger partial charge on any atom is 0.338 e. The molecule has 1 aliphatic rings. The van der Waals surface area contributed by atoms with Crippen LogP contribution in [-0.4, -0.2) is 45.9 Å². The minimum Gasteiger partial charge on any atom is -0.493 e. The molecule has 1 saturated heterocycles. The summed E-state index contributed by atoms with van der Waals surface area (Å²) in [5.41, 5.74) is 1.07. The van der Waals surface area contributed by atoms with Crippen LogP contribution in [0.15, 0.2) is 18.2 Å². The Morgan fingerprint density at radius 2 is 1.96 bits per heavy atom. The van der Waals surface area contributed by atoms with Crippen molar-refractivity contribution in [2.45, 2.75) is 25.7 Å². The smallest absolute Gasteiger partial charge is 0.338 e. The molecule has 0 N–H and O–H groups in total. The van der Waals surface area contributed by atoms with Crippen molar-refractivity contribution in [1.82, 2.24) is 0 Å². The van der Waals surface area contributed by atoms with Gasteiger partial charge in [0.05, 0.1) is 19.3 Å². The van der Waals surface area contributed by atoms with Crippen molar-refractivity contribution in [1.29, 1.82) is 0 Å². The summed E-state index contributed by atoms with van der Waals surface area (Å²) >= 11 is 0. The molecule has 126 valence electrons. The molecule has 23 heavy (non-hydrogen) atoms. The van der Waals surface area contributed by atoms with Crippen LogP contribution in [0.5, 0.6) is 5.75 Å². The van der Waals surface area contributed by atoms with E-state index in [4.69, 9.17) is 14.2 Å². The average molecular weight is 321 g/mol. The minimum atomic E-state index is -0.442. The highest BCUT2D eigenvalue weighted by atomic mass is 16.5. The Morgan fingerprint density at radius 3 is 2.61 bits per heavy atom. The van der Waals surface area contributed by atoms with Gasteiger partial charge in [0.1, 0.15) is 5.75 Å². The zero-order valence-electron chi connectivity index (χ0n) is 13.7. The van der Waals surface area contributed by atoms with Gasteiger partial charge >= 0.3 is 5.97 Å². The third-order valence-corrected chi connectivity index (χ3v) is 3.71. The SMILES string of the molecule is COCCCCOc1cc(C(=O)OC)cc(N2CCCC2=O)c1. The number of carbonyl (C=O) groups is 2. The molecule has 0 aromatic heterocycles. The fourth-order valence-corrected chi connectivity index (χ4v) is 2.52. The fraction of sp³-hybridized carbons (Fsp3) is 0.529. The summed E-state index contributed by atoms with van der Waals surface area (Å²) in [5.74, 6) is 0.195. The van der Waals surface area contributed by atoms with Crippen LogP contribution < -0.4 is 9.64 Å². The molecule has 0 spiro atoms. The van der Waals surface area contributed by atoms with Crippen LogP contribution in [0.4, 0.5) is 5.69 Å². The number of carbonyl (C=O) groups excluding carboxylic acids is 2. The van der Waals surface area contributed by atoms with Crippen LogP contribution in [0.2, 0.25) is 0 Å². The molecule has 0 saturated carbocycles. The molecular formula is C17H23NO5. The molecule has 1 amide bonds. The Balaban J connectivity index is 2.13. The molecule has 6 nitrogen and oxygen atoms in total. The fourth-order valence-electron chi connectivity index (χ4n) is 2.52. The lowest BCUT2D eigenvalue weighted by Gasteiger charge is -2.18. The van der Waals surface area contributed by atoms with E-state index in [2.05, 4.69) is 0 Å². The summed E-state index contributed by atoms with van der Waals surface area (Å²) in [5, 5.41) is 0. The van der Waals surface area contributed by atoms with E-state index < -0.39 is 5.97 Å². The first kappa shape index (κ1) is 17.3. The van der Waals surface area contributed by atoms with Crippen LogP contribution in [0.1, 0.15) is 36.0 Å². The van der Waals surface area contributed by atoms with Crippen LogP contribution in [-0.2, 0) is 14.3 Å². The molecule has 0 aliphatic carbocycles. The van der Waals surface area contributed by atoms with Gasteiger partial charge in [0.2, 0.25) is 5.91 Å². The van der Waals surface area contributed by atoms with Crippen molar-refractivity contribution in [3.8, 4) is 5.75 Å². The monoisotopic (exact) mass is 321 g/mol. The van der Waals surface area contributed by atoms with E-state index >= 15 is 0 Å². The van der Waals surface area contributed by atoms with E-state index in [1.54, 1.807) is 30.2 Å². The molecule has 1 fully saturated rings. The molecule has 6 heteroatoms. The summed E-state index contributed by atoms with van der Waals surface area (Å²) < 4.78 is 15.5. The van der Waals surface area contributed by atoms with E-state index in [9.17, 15) is 9.59 Å². The van der Waals surface area contributed by atoms with Gasteiger partial charge in [0.25, 0.3) is 0 Å². The molecule has 0 atom stereocenters. The number of amides is 1. The highest BCUT2D eigenvalue weighted by Gasteiger charge is 2.23. The topological polar surface area (TPSA) is 65.1 Å². The van der Waals surface area contributed by atoms with Crippen LogP contribution >= 0.6 is 0 Å². The summed E-state index contributed by atoms with van der Waals surface area (Å²) in [4.78, 5) is 25.4. The lowest BCUT2D eigenvalue weighted by Crippen LogP contribution is -2.24. The number of anilines is 1. The van der Waals surface area contributed by atoms with Gasteiger partial charge in [0, 0.05) is 38.4 Å². The Kier molecular flexibility index (Phi) is 6.40. The predicted octanol–water partition coefficient (Wildman–Crippen LogP) is 2.41. The second-order valence-electron chi connectivity index (χ2n) is 5.40. The number of nitrogens with zero attached hydrogens (tertiary/aromatic N) is 1. The number of benzene rings is 1. The molecule has 0 unspecified atom stereocenters. The zero-order chi connectivity index (χ0) is 16.7. The van der Waals surface area contributed by atoms with Gasteiger partial charge < -0.3 is 19.1 Å². The first-order valence-corrected chi connectivity index (χ1v) is 7.81. The highest BCUT2D eigenvalue weighted by Crippen LogP contribution is 2.28. The van der Waals surface area contributed by atoms with Gasteiger partial charge in [-0.25, -0.2) is 4.79 Å². The molecular weight excluding hydrogens is 298 g/mol. The number of rotatable bonds is 8. The van der Waals surface area contributed by atoms with Gasteiger partial charge in [-0.05, 0) is 31.4 Å². The first-order valence-electron chi connectivity index (χ1n) is 7.81. The molecule has 1 aromatic carbocycles. The quantitative estimate of drug-likeness (QED) is 0.543. The van der Waals surface area contributed by atoms with E-state index in [0.29, 0.717) is 43.2 Å². The average Bonchev–Trinajstić information content (AvgIpc) is 2.99. The standard InChI is InChI=1S/C17H23NO5/c1-21-8-3-4-9-23-15-11-13(17(20)22-2)10-14(12-15)18-7-5-6-16(18)19/h10-12H,3-9H2,1-2H3. The van der Waals surface area contributed by atoms with Gasteiger partial charge in [0.15, 0.2) is 0 Å². The lowest BCUT2D eigenvalue weighted by atomic mass is 10.1. The molecule has 0 bridgehead atoms. The van der Waals surface area contributed by atoms with Crippen LogP contribution in [0.3, 0.4) is 0 Å². The molecule has 1 aliphatic heterocycles. The van der Waals surface area contributed by atoms with Crippen molar-refractivity contribution >= 4 is 17.6 Å². The first-order chi connectivity index (χ1) is 11.2. The number of unbranched alkanes of at least 4 members (excludes halogenated alkanes) is 1. The van der Waals surface area contributed by atoms with E-state index in [1.165, 1.54) is 7.11 Å². The number of esters is 1. The number of hydrogen-bond donors (Lipinski definition) is 0. The van der Waals surface area contributed by atoms with Crippen molar-refractivity contribution in [2.75, 3.05) is 38.9 Å². The Hall–Kier alpha value is -2.08. The molecule has 0 radical (unpaired) electrons. The lowest BCUT2D eigenvalue weighted by molar-refractivity contribution is -0.117. The number of ether oxygens (including phenoxy) is 3. The third-order valence-electron chi connectivity index (χ3n) is 3.71. The summed E-state index contributed by atoms with van der Waals surface area (Å²) in [6, 6.07) is 5.12. The van der Waals surface area contributed by atoms with Gasteiger partial charge in [-0.1, -0.05) is 0 Å². The summed E-state index contributed by atoms with van der Waals surface area (Å²) in [6.45, 7) is 1.89. The minimum absolute atomic E-state index is 0.0676. The zero-order valence-corrected chi connectivity index (χ0v) is 13.7. The van der Waals surface area contributed by atoms with Crippen molar-refractivity contribution in [3.63, 3.8) is 0 Å². The molecule has 1 heterocycles. The van der Waals surface area contributed by atoms with Crippen LogP contribution in [0, 0.1) is 0 Å². The Labute approximate surface area is 136 Å². The normalized spacial score (nSPS) is 14.2. The summed E-state index contributed by atoms with van der Waals surface area (Å²) in [6.07, 6.45) is 3.13. The predicted molar refractivity (Wildman–Crippen MR) is 86.0 cm³/mol. The Morgan fingerprint density at radius 1 is 1.17 bits per heavy atom. The largest absolute Gasteiger partial charge is 0.493 e.